The molecule has 0 aliphatic rings. The number of nitrogens with two attached hydrogens (primary N) is 1. The molecule has 1 aromatic carbocycles. The van der Waals surface area contributed by atoms with E-state index >= 15 is 0 Å². The molecule has 0 bridgehead atoms. The lowest BCUT2D eigenvalue weighted by molar-refractivity contribution is -0.141. The molecule has 0 spiro atoms. The number of carbonyl (C=O) groups is 2. The molecule has 0 heterocycles. The third-order valence-electron chi connectivity index (χ3n) is 4.27. The Morgan fingerprint density at radius 3 is 2.46 bits per heavy atom. The fourth-order valence-electron chi connectivity index (χ4n) is 2.75. The Bertz CT molecular complexity index is 727. The summed E-state index contributed by atoms with van der Waals surface area (Å²) in [5.41, 5.74) is 8.69. The van der Waals surface area contributed by atoms with E-state index in [4.69, 9.17) is 22.1 Å². The van der Waals surface area contributed by atoms with Gasteiger partial charge in [-0.05, 0) is 30.5 Å². The van der Waals surface area contributed by atoms with Crippen LogP contribution in [0.25, 0.3) is 0 Å². The Labute approximate surface area is 172 Å². The van der Waals surface area contributed by atoms with Crippen LogP contribution >= 0.6 is 11.6 Å². The van der Waals surface area contributed by atoms with E-state index in [0.717, 1.165) is 18.4 Å². The molecule has 1 unspecified atom stereocenters. The van der Waals surface area contributed by atoms with Gasteiger partial charge in [0, 0.05) is 42.7 Å². The lowest BCUT2D eigenvalue weighted by Crippen LogP contribution is -2.32. The van der Waals surface area contributed by atoms with E-state index in [0.29, 0.717) is 29.3 Å². The maximum absolute atomic E-state index is 12.6. The molecule has 0 aromatic heterocycles. The number of benzene rings is 1. The first-order valence-corrected chi connectivity index (χ1v) is 9.79. The molecule has 28 heavy (non-hydrogen) atoms. The molecular weight excluding hydrogens is 378 g/mol. The fraction of sp³-hybridized carbons (Fsp3) is 0.476. The van der Waals surface area contributed by atoms with Gasteiger partial charge in [-0.25, -0.2) is 0 Å². The molecule has 3 N–H and O–H groups in total. The van der Waals surface area contributed by atoms with E-state index in [-0.39, 0.29) is 30.1 Å². The minimum Gasteiger partial charge on any atom is -0.465 e. The van der Waals surface area contributed by atoms with Crippen LogP contribution < -0.4 is 11.1 Å². The lowest BCUT2D eigenvalue weighted by atomic mass is 9.93. The van der Waals surface area contributed by atoms with Gasteiger partial charge in [0.1, 0.15) is 5.70 Å². The zero-order valence-electron chi connectivity index (χ0n) is 17.0. The number of allylic oxidation sites excluding steroid dienone is 1. The van der Waals surface area contributed by atoms with Crippen LogP contribution in [0.1, 0.15) is 45.6 Å². The molecule has 0 aliphatic carbocycles. The highest BCUT2D eigenvalue weighted by Gasteiger charge is 2.21. The van der Waals surface area contributed by atoms with Gasteiger partial charge in [0.05, 0.1) is 6.61 Å². The van der Waals surface area contributed by atoms with E-state index in [9.17, 15) is 9.59 Å². The molecule has 154 valence electrons. The van der Waals surface area contributed by atoms with Crippen LogP contribution in [0.2, 0.25) is 5.02 Å². The Balaban J connectivity index is 2.98. The topological polar surface area (TPSA) is 93.8 Å². The van der Waals surface area contributed by atoms with Crippen molar-refractivity contribution >= 4 is 29.2 Å². The van der Waals surface area contributed by atoms with Crippen LogP contribution in [0.5, 0.6) is 0 Å². The van der Waals surface area contributed by atoms with Gasteiger partial charge < -0.3 is 15.8 Å². The number of halogens is 1. The van der Waals surface area contributed by atoms with Crippen LogP contribution in [0.3, 0.4) is 0 Å². The van der Waals surface area contributed by atoms with E-state index in [1.54, 1.807) is 19.2 Å². The summed E-state index contributed by atoms with van der Waals surface area (Å²) in [6.07, 6.45) is 2.46. The molecule has 1 rings (SSSR count). The molecule has 0 fully saturated rings. The van der Waals surface area contributed by atoms with Gasteiger partial charge in [-0.1, -0.05) is 44.0 Å². The smallest absolute Gasteiger partial charge is 0.302 e. The highest BCUT2D eigenvalue weighted by Crippen LogP contribution is 2.19. The number of nitrogens with one attached hydrogen (secondary N) is 1. The Kier molecular flexibility index (Phi) is 10.3. The number of rotatable bonds is 10. The second-order valence-corrected chi connectivity index (χ2v) is 7.05. The van der Waals surface area contributed by atoms with Crippen molar-refractivity contribution in [3.05, 3.63) is 46.1 Å². The predicted octanol–water partition coefficient (Wildman–Crippen LogP) is 3.63. The monoisotopic (exact) mass is 407 g/mol. The van der Waals surface area contributed by atoms with Crippen molar-refractivity contribution in [2.45, 2.75) is 46.6 Å². The number of unbranched alkanes of at least 4 members (excludes halogenated alkanes) is 1. The number of nitrogens with zero attached hydrogens (tertiary/aromatic N) is 1. The summed E-state index contributed by atoms with van der Waals surface area (Å²) < 4.78 is 5.10. The second kappa shape index (κ2) is 12.2. The highest BCUT2D eigenvalue weighted by atomic mass is 35.5. The van der Waals surface area contributed by atoms with Crippen LogP contribution in [0.4, 0.5) is 0 Å². The van der Waals surface area contributed by atoms with Crippen molar-refractivity contribution in [1.29, 1.82) is 0 Å². The van der Waals surface area contributed by atoms with Gasteiger partial charge in [-0.3, -0.25) is 14.6 Å². The average Bonchev–Trinajstić information content (AvgIpc) is 2.68. The summed E-state index contributed by atoms with van der Waals surface area (Å²) in [5, 5.41) is 3.48. The Morgan fingerprint density at radius 2 is 1.93 bits per heavy atom. The molecule has 0 radical (unpaired) electrons. The summed E-state index contributed by atoms with van der Waals surface area (Å²) in [6.45, 7) is 5.87. The van der Waals surface area contributed by atoms with Crippen LogP contribution in [0, 0.1) is 5.92 Å². The molecule has 1 aromatic rings. The molecular formula is C21H30ClN3O3. The Morgan fingerprint density at radius 1 is 1.29 bits per heavy atom. The summed E-state index contributed by atoms with van der Waals surface area (Å²) in [6, 6.07) is 7.24. The summed E-state index contributed by atoms with van der Waals surface area (Å²) >= 11 is 5.88. The third kappa shape index (κ3) is 7.72. The number of aliphatic imine (C=N–C) groups is 1. The van der Waals surface area contributed by atoms with Crippen molar-refractivity contribution in [3.63, 3.8) is 0 Å². The number of hydrogen-bond donors (Lipinski definition) is 2. The van der Waals surface area contributed by atoms with Crippen molar-refractivity contribution in [3.8, 4) is 0 Å². The van der Waals surface area contributed by atoms with Gasteiger partial charge in [-0.2, -0.15) is 0 Å². The zero-order valence-corrected chi connectivity index (χ0v) is 17.8. The summed E-state index contributed by atoms with van der Waals surface area (Å²) in [5.74, 6) is -0.861. The number of hydrogen-bond acceptors (Lipinski definition) is 5. The number of amides is 1. The van der Waals surface area contributed by atoms with E-state index in [1.807, 2.05) is 19.1 Å². The van der Waals surface area contributed by atoms with E-state index < -0.39 is 0 Å². The molecule has 7 heteroatoms. The van der Waals surface area contributed by atoms with Crippen molar-refractivity contribution in [2.24, 2.45) is 16.6 Å². The van der Waals surface area contributed by atoms with Gasteiger partial charge in [0.25, 0.3) is 5.91 Å². The third-order valence-corrected chi connectivity index (χ3v) is 4.52. The quantitative estimate of drug-likeness (QED) is 0.352. The molecule has 0 saturated carbocycles. The number of ether oxygens (including phenoxy) is 1. The highest BCUT2D eigenvalue weighted by molar-refractivity contribution is 6.30. The maximum atomic E-state index is 12.6. The van der Waals surface area contributed by atoms with Gasteiger partial charge in [-0.15, -0.1) is 0 Å². The van der Waals surface area contributed by atoms with Crippen molar-refractivity contribution in [2.75, 3.05) is 13.7 Å². The maximum Gasteiger partial charge on any atom is 0.302 e. The van der Waals surface area contributed by atoms with Gasteiger partial charge >= 0.3 is 5.97 Å². The minimum absolute atomic E-state index is 0.151. The van der Waals surface area contributed by atoms with E-state index in [2.05, 4.69) is 17.2 Å². The van der Waals surface area contributed by atoms with Crippen LogP contribution in [0.15, 0.2) is 40.5 Å². The molecule has 1 amide bonds. The molecule has 0 aliphatic heterocycles. The van der Waals surface area contributed by atoms with Gasteiger partial charge in [0.2, 0.25) is 0 Å². The minimum atomic E-state index is -0.352. The Hall–Kier alpha value is -2.34. The van der Waals surface area contributed by atoms with Crippen LogP contribution in [-0.2, 0) is 20.9 Å². The first-order chi connectivity index (χ1) is 13.3. The SMILES string of the molecule is CCCC/C(C(=NC)C(C)COC(C)=O)=C(/N)C(=O)NCc1ccc(Cl)cc1. The van der Waals surface area contributed by atoms with Crippen molar-refractivity contribution < 1.29 is 14.3 Å². The fourth-order valence-corrected chi connectivity index (χ4v) is 2.87. The van der Waals surface area contributed by atoms with Crippen LogP contribution in [-0.4, -0.2) is 31.2 Å². The van der Waals surface area contributed by atoms with Gasteiger partial charge in [0.15, 0.2) is 0 Å². The predicted molar refractivity (Wildman–Crippen MR) is 113 cm³/mol. The number of esters is 1. The summed E-state index contributed by atoms with van der Waals surface area (Å²) in [7, 11) is 1.66. The normalized spacial score (nSPS) is 13.5. The standard InChI is InChI=1S/C21H30ClN3O3/c1-5-6-7-18(20(24-4)14(2)13-28-15(3)26)19(23)21(27)25-12-16-8-10-17(22)11-9-16/h8-11,14H,5-7,12-13,23H2,1-4H3,(H,25,27)/b19-18-,24-20?. The number of carbonyl (C=O) groups excluding carboxylic acids is 2. The second-order valence-electron chi connectivity index (χ2n) is 6.62. The zero-order chi connectivity index (χ0) is 21.1. The largest absolute Gasteiger partial charge is 0.465 e. The van der Waals surface area contributed by atoms with E-state index in [1.165, 1.54) is 6.92 Å². The molecule has 1 atom stereocenters. The first-order valence-electron chi connectivity index (χ1n) is 9.41. The first kappa shape index (κ1) is 23.7. The lowest BCUT2D eigenvalue weighted by Gasteiger charge is -2.19. The summed E-state index contributed by atoms with van der Waals surface area (Å²) in [4.78, 5) is 28.1. The van der Waals surface area contributed by atoms with Crippen molar-refractivity contribution in [1.82, 2.24) is 5.32 Å². The molecule has 0 saturated heterocycles. The molecule has 6 nitrogen and oxygen atoms in total. The average molecular weight is 408 g/mol.